The molecule has 1 atom stereocenters. The minimum Gasteiger partial charge on any atom is -0.372 e. The van der Waals surface area contributed by atoms with Crippen LogP contribution in [0, 0.1) is 0 Å². The number of rotatable bonds is 5. The van der Waals surface area contributed by atoms with E-state index < -0.39 is 11.8 Å². The molecule has 0 aromatic heterocycles. The lowest BCUT2D eigenvalue weighted by Gasteiger charge is -2.20. The summed E-state index contributed by atoms with van der Waals surface area (Å²) >= 11 is 0.412. The van der Waals surface area contributed by atoms with Crippen molar-refractivity contribution in [3.8, 4) is 0 Å². The van der Waals surface area contributed by atoms with E-state index in [9.17, 15) is 18.4 Å². The minimum absolute atomic E-state index is 0.0463. The lowest BCUT2D eigenvalue weighted by molar-refractivity contribution is -0.140. The van der Waals surface area contributed by atoms with Gasteiger partial charge in [-0.05, 0) is 26.0 Å². The number of alkyl halides is 2. The van der Waals surface area contributed by atoms with Crippen molar-refractivity contribution < 1.29 is 18.4 Å². The topological polar surface area (TPSA) is 49.4 Å². The number of carbonyl (C=O) groups excluding carboxylic acids is 2. The largest absolute Gasteiger partial charge is 0.372 e. The van der Waals surface area contributed by atoms with Gasteiger partial charge in [-0.3, -0.25) is 14.5 Å². The van der Waals surface area contributed by atoms with Crippen molar-refractivity contribution in [3.05, 3.63) is 24.3 Å². The van der Waals surface area contributed by atoms with Gasteiger partial charge in [0.1, 0.15) is 6.04 Å². The molecule has 7 heteroatoms. The zero-order valence-electron chi connectivity index (χ0n) is 11.7. The number of carbonyl (C=O) groups is 2. The predicted octanol–water partition coefficient (Wildman–Crippen LogP) is 2.95. The highest BCUT2D eigenvalue weighted by atomic mass is 32.2. The van der Waals surface area contributed by atoms with E-state index in [1.807, 2.05) is 0 Å². The molecule has 1 aliphatic heterocycles. The Bertz CT molecular complexity index is 552. The molecule has 1 saturated heterocycles. The number of imide groups is 1. The first-order chi connectivity index (χ1) is 9.90. The summed E-state index contributed by atoms with van der Waals surface area (Å²) in [6.07, 6.45) is 0.0463. The average molecular weight is 314 g/mol. The number of thioether (sulfide) groups is 1. The van der Waals surface area contributed by atoms with Crippen molar-refractivity contribution in [1.82, 2.24) is 4.90 Å². The Morgan fingerprint density at radius 2 is 1.95 bits per heavy atom. The number of nitrogens with one attached hydrogen (secondary N) is 1. The number of hydrogen-bond donors (Lipinski definition) is 1. The van der Waals surface area contributed by atoms with Crippen LogP contribution in [0.5, 0.6) is 0 Å². The van der Waals surface area contributed by atoms with Crippen LogP contribution in [0.1, 0.15) is 20.3 Å². The Balaban J connectivity index is 2.16. The zero-order valence-corrected chi connectivity index (χ0v) is 12.5. The molecule has 2 amide bonds. The standard InChI is InChI=1S/C14H16F2N2O2S/c1-8(2)18-12(19)7-10(13(18)20)17-9-5-3-4-6-11(9)21-14(15)16/h3-6,8,10,14,17H,7H2,1-2H3. The van der Waals surface area contributed by atoms with Crippen molar-refractivity contribution >= 4 is 29.3 Å². The van der Waals surface area contributed by atoms with Gasteiger partial charge >= 0.3 is 0 Å². The molecule has 0 spiro atoms. The van der Waals surface area contributed by atoms with E-state index in [2.05, 4.69) is 5.32 Å². The van der Waals surface area contributed by atoms with Crippen LogP contribution in [0.2, 0.25) is 0 Å². The van der Waals surface area contributed by atoms with Crippen molar-refractivity contribution in [1.29, 1.82) is 0 Å². The van der Waals surface area contributed by atoms with Gasteiger partial charge < -0.3 is 5.32 Å². The first-order valence-corrected chi connectivity index (χ1v) is 7.44. The summed E-state index contributed by atoms with van der Waals surface area (Å²) in [7, 11) is 0. The maximum Gasteiger partial charge on any atom is 0.288 e. The molecule has 21 heavy (non-hydrogen) atoms. The molecule has 4 nitrogen and oxygen atoms in total. The van der Waals surface area contributed by atoms with Crippen molar-refractivity contribution in [2.24, 2.45) is 0 Å². The lowest BCUT2D eigenvalue weighted by atomic mass is 10.2. The van der Waals surface area contributed by atoms with E-state index in [4.69, 9.17) is 0 Å². The highest BCUT2D eigenvalue weighted by molar-refractivity contribution is 7.99. The highest BCUT2D eigenvalue weighted by Crippen LogP contribution is 2.33. The summed E-state index contributed by atoms with van der Waals surface area (Å²) in [5.74, 6) is -3.10. The van der Waals surface area contributed by atoms with Gasteiger partial charge in [0.25, 0.3) is 11.7 Å². The summed E-state index contributed by atoms with van der Waals surface area (Å²) in [4.78, 5) is 25.6. The fourth-order valence-corrected chi connectivity index (χ4v) is 2.88. The maximum absolute atomic E-state index is 12.5. The number of hydrogen-bond acceptors (Lipinski definition) is 4. The van der Waals surface area contributed by atoms with E-state index >= 15 is 0 Å². The molecule has 1 aromatic rings. The number of anilines is 1. The Morgan fingerprint density at radius 1 is 1.29 bits per heavy atom. The second-order valence-corrected chi connectivity index (χ2v) is 6.00. The normalized spacial score (nSPS) is 19.0. The second kappa shape index (κ2) is 6.43. The van der Waals surface area contributed by atoms with Crippen LogP contribution in [0.4, 0.5) is 14.5 Å². The maximum atomic E-state index is 12.5. The van der Waals surface area contributed by atoms with Crippen LogP contribution >= 0.6 is 11.8 Å². The van der Waals surface area contributed by atoms with Gasteiger partial charge in [0.15, 0.2) is 0 Å². The van der Waals surface area contributed by atoms with Gasteiger partial charge in [0, 0.05) is 16.6 Å². The number of nitrogens with zero attached hydrogens (tertiary/aromatic N) is 1. The number of halogens is 2. The van der Waals surface area contributed by atoms with E-state index in [1.165, 1.54) is 4.90 Å². The first kappa shape index (κ1) is 15.8. The molecule has 1 unspecified atom stereocenters. The number of para-hydroxylation sites is 1. The monoisotopic (exact) mass is 314 g/mol. The molecule has 114 valence electrons. The Labute approximate surface area is 125 Å². The van der Waals surface area contributed by atoms with Crippen LogP contribution in [0.25, 0.3) is 0 Å². The number of amides is 2. The molecule has 0 radical (unpaired) electrons. The Morgan fingerprint density at radius 3 is 2.52 bits per heavy atom. The van der Waals surface area contributed by atoms with E-state index in [0.29, 0.717) is 22.3 Å². The molecule has 1 heterocycles. The predicted molar refractivity (Wildman–Crippen MR) is 77.3 cm³/mol. The second-order valence-electron chi connectivity index (χ2n) is 4.97. The average Bonchev–Trinajstić information content (AvgIpc) is 2.66. The molecule has 2 rings (SSSR count). The molecule has 1 N–H and O–H groups in total. The Kier molecular flexibility index (Phi) is 4.82. The SMILES string of the molecule is CC(C)N1C(=O)CC(Nc2ccccc2SC(F)F)C1=O. The van der Waals surface area contributed by atoms with Crippen LogP contribution in [0.3, 0.4) is 0 Å². The molecular weight excluding hydrogens is 298 g/mol. The summed E-state index contributed by atoms with van der Waals surface area (Å²) in [5, 5.41) is 2.91. The van der Waals surface area contributed by atoms with Crippen molar-refractivity contribution in [2.75, 3.05) is 5.32 Å². The van der Waals surface area contributed by atoms with Crippen LogP contribution in [0.15, 0.2) is 29.2 Å². The molecular formula is C14H16F2N2O2S. The van der Waals surface area contributed by atoms with Gasteiger partial charge in [-0.2, -0.15) is 8.78 Å². The minimum atomic E-state index is -2.54. The molecule has 0 aliphatic carbocycles. The fourth-order valence-electron chi connectivity index (χ4n) is 2.28. The van der Waals surface area contributed by atoms with Crippen molar-refractivity contribution in [2.45, 2.75) is 43.0 Å². The summed E-state index contributed by atoms with van der Waals surface area (Å²) in [5.41, 5.74) is 0.444. The smallest absolute Gasteiger partial charge is 0.288 e. The zero-order chi connectivity index (χ0) is 15.6. The van der Waals surface area contributed by atoms with Crippen LogP contribution in [-0.4, -0.2) is 34.6 Å². The third kappa shape index (κ3) is 3.53. The van der Waals surface area contributed by atoms with E-state index in [0.717, 1.165) is 0 Å². The summed E-state index contributed by atoms with van der Waals surface area (Å²) < 4.78 is 25.1. The summed E-state index contributed by atoms with van der Waals surface area (Å²) in [6.45, 7) is 3.53. The fraction of sp³-hybridized carbons (Fsp3) is 0.429. The van der Waals surface area contributed by atoms with Crippen molar-refractivity contribution in [3.63, 3.8) is 0 Å². The van der Waals surface area contributed by atoms with Crippen LogP contribution < -0.4 is 5.32 Å². The van der Waals surface area contributed by atoms with Gasteiger partial charge in [-0.25, -0.2) is 0 Å². The molecule has 0 bridgehead atoms. The number of likely N-dealkylation sites (tertiary alicyclic amines) is 1. The van der Waals surface area contributed by atoms with Gasteiger partial charge in [0.2, 0.25) is 5.91 Å². The van der Waals surface area contributed by atoms with Gasteiger partial charge in [0.05, 0.1) is 6.42 Å². The third-order valence-corrected chi connectivity index (χ3v) is 3.92. The van der Waals surface area contributed by atoms with Gasteiger partial charge in [-0.1, -0.05) is 23.9 Å². The molecule has 1 aromatic carbocycles. The van der Waals surface area contributed by atoms with E-state index in [-0.39, 0.29) is 24.3 Å². The third-order valence-electron chi connectivity index (χ3n) is 3.13. The van der Waals surface area contributed by atoms with Crippen LogP contribution in [-0.2, 0) is 9.59 Å². The molecule has 1 fully saturated rings. The Hall–Kier alpha value is -1.63. The lowest BCUT2D eigenvalue weighted by Crippen LogP contribution is -2.39. The van der Waals surface area contributed by atoms with E-state index in [1.54, 1.807) is 38.1 Å². The molecule has 0 saturated carbocycles. The molecule has 1 aliphatic rings. The quantitative estimate of drug-likeness (QED) is 0.670. The first-order valence-electron chi connectivity index (χ1n) is 6.56. The summed E-state index contributed by atoms with van der Waals surface area (Å²) in [6, 6.07) is 5.63. The highest BCUT2D eigenvalue weighted by Gasteiger charge is 2.40. The van der Waals surface area contributed by atoms with Gasteiger partial charge in [-0.15, -0.1) is 0 Å². The number of benzene rings is 1.